The highest BCUT2D eigenvalue weighted by molar-refractivity contribution is 6.17. The summed E-state index contributed by atoms with van der Waals surface area (Å²) in [5.41, 5.74) is 1.52. The standard InChI is InChI=1S/C12H20ClN3O/c1-4-11-10(8-16(3)15-11)12(17)14-9(2)6-5-7-13/h8-9H,4-7H2,1-3H3,(H,14,17). The molecule has 1 heterocycles. The average molecular weight is 258 g/mol. The van der Waals surface area contributed by atoms with Crippen LogP contribution < -0.4 is 5.32 Å². The first-order chi connectivity index (χ1) is 8.08. The zero-order chi connectivity index (χ0) is 12.8. The number of carbonyl (C=O) groups excluding carboxylic acids is 1. The summed E-state index contributed by atoms with van der Waals surface area (Å²) in [4.78, 5) is 12.0. The number of hydrogen-bond donors (Lipinski definition) is 1. The quantitative estimate of drug-likeness (QED) is 0.794. The Bertz CT molecular complexity index is 376. The Morgan fingerprint density at radius 2 is 2.35 bits per heavy atom. The van der Waals surface area contributed by atoms with Gasteiger partial charge in [0.05, 0.1) is 11.3 Å². The van der Waals surface area contributed by atoms with Crippen molar-refractivity contribution in [2.75, 3.05) is 5.88 Å². The van der Waals surface area contributed by atoms with Gasteiger partial charge in [-0.3, -0.25) is 9.48 Å². The summed E-state index contributed by atoms with van der Waals surface area (Å²) in [6, 6.07) is 0.145. The van der Waals surface area contributed by atoms with Crippen molar-refractivity contribution in [2.45, 2.75) is 39.2 Å². The van der Waals surface area contributed by atoms with Crippen LogP contribution in [-0.2, 0) is 13.5 Å². The minimum atomic E-state index is -0.0444. The fourth-order valence-electron chi connectivity index (χ4n) is 1.74. The van der Waals surface area contributed by atoms with Gasteiger partial charge >= 0.3 is 0 Å². The summed E-state index contributed by atoms with van der Waals surface area (Å²) in [6.45, 7) is 3.99. The van der Waals surface area contributed by atoms with Crippen LogP contribution in [0.1, 0.15) is 42.7 Å². The Kier molecular flexibility index (Phi) is 5.48. The molecule has 1 aromatic rings. The Morgan fingerprint density at radius 3 is 2.94 bits per heavy atom. The Morgan fingerprint density at radius 1 is 1.65 bits per heavy atom. The first-order valence-electron chi connectivity index (χ1n) is 5.97. The second-order valence-electron chi connectivity index (χ2n) is 4.22. The van der Waals surface area contributed by atoms with Crippen molar-refractivity contribution < 1.29 is 4.79 Å². The lowest BCUT2D eigenvalue weighted by molar-refractivity contribution is 0.0937. The number of alkyl halides is 1. The lowest BCUT2D eigenvalue weighted by Crippen LogP contribution is -2.32. The molecule has 0 aromatic carbocycles. The van der Waals surface area contributed by atoms with Crippen LogP contribution in [0.15, 0.2) is 6.20 Å². The van der Waals surface area contributed by atoms with Gasteiger partial charge in [-0.25, -0.2) is 0 Å². The molecule has 4 nitrogen and oxygen atoms in total. The van der Waals surface area contributed by atoms with E-state index in [9.17, 15) is 4.79 Å². The summed E-state index contributed by atoms with van der Waals surface area (Å²) in [5, 5.41) is 7.22. The number of amides is 1. The van der Waals surface area contributed by atoms with Gasteiger partial charge < -0.3 is 5.32 Å². The molecule has 5 heteroatoms. The van der Waals surface area contributed by atoms with Crippen molar-refractivity contribution in [3.05, 3.63) is 17.5 Å². The van der Waals surface area contributed by atoms with Crippen molar-refractivity contribution in [3.8, 4) is 0 Å². The van der Waals surface area contributed by atoms with Gasteiger partial charge in [-0.2, -0.15) is 5.10 Å². The van der Waals surface area contributed by atoms with Crippen LogP contribution in [0.25, 0.3) is 0 Å². The van der Waals surface area contributed by atoms with Gasteiger partial charge in [0.2, 0.25) is 0 Å². The second-order valence-corrected chi connectivity index (χ2v) is 4.60. The van der Waals surface area contributed by atoms with Crippen molar-refractivity contribution >= 4 is 17.5 Å². The fraction of sp³-hybridized carbons (Fsp3) is 0.667. The van der Waals surface area contributed by atoms with Crippen LogP contribution in [0.4, 0.5) is 0 Å². The molecule has 0 spiro atoms. The molecule has 1 aromatic heterocycles. The predicted molar refractivity (Wildman–Crippen MR) is 69.5 cm³/mol. The minimum Gasteiger partial charge on any atom is -0.349 e. The number of nitrogens with one attached hydrogen (secondary N) is 1. The maximum atomic E-state index is 12.0. The number of halogens is 1. The van der Waals surface area contributed by atoms with E-state index in [1.54, 1.807) is 10.9 Å². The van der Waals surface area contributed by atoms with E-state index < -0.39 is 0 Å². The molecule has 1 atom stereocenters. The lowest BCUT2D eigenvalue weighted by atomic mass is 10.1. The molecule has 17 heavy (non-hydrogen) atoms. The number of aromatic nitrogens is 2. The summed E-state index contributed by atoms with van der Waals surface area (Å²) in [5.74, 6) is 0.588. The third-order valence-electron chi connectivity index (χ3n) is 2.63. The van der Waals surface area contributed by atoms with E-state index in [0.29, 0.717) is 11.4 Å². The van der Waals surface area contributed by atoms with E-state index in [0.717, 1.165) is 25.0 Å². The maximum Gasteiger partial charge on any atom is 0.254 e. The first-order valence-corrected chi connectivity index (χ1v) is 6.51. The summed E-state index contributed by atoms with van der Waals surface area (Å²) in [6.07, 6.45) is 4.34. The Balaban J connectivity index is 2.62. The molecule has 0 radical (unpaired) electrons. The molecule has 0 aliphatic heterocycles. The average Bonchev–Trinajstić information content (AvgIpc) is 2.67. The lowest BCUT2D eigenvalue weighted by Gasteiger charge is -2.12. The van der Waals surface area contributed by atoms with E-state index in [4.69, 9.17) is 11.6 Å². The van der Waals surface area contributed by atoms with Gasteiger partial charge in [-0.05, 0) is 26.2 Å². The molecule has 96 valence electrons. The highest BCUT2D eigenvalue weighted by Gasteiger charge is 2.15. The highest BCUT2D eigenvalue weighted by atomic mass is 35.5. The van der Waals surface area contributed by atoms with E-state index in [2.05, 4.69) is 10.4 Å². The molecule has 0 saturated heterocycles. The maximum absolute atomic E-state index is 12.0. The third-order valence-corrected chi connectivity index (χ3v) is 2.90. The van der Waals surface area contributed by atoms with E-state index in [1.165, 1.54) is 0 Å². The second kappa shape index (κ2) is 6.64. The molecule has 0 aliphatic carbocycles. The van der Waals surface area contributed by atoms with Gasteiger partial charge in [0, 0.05) is 25.2 Å². The van der Waals surface area contributed by atoms with Crippen LogP contribution in [-0.4, -0.2) is 27.6 Å². The fourth-order valence-corrected chi connectivity index (χ4v) is 1.90. The highest BCUT2D eigenvalue weighted by Crippen LogP contribution is 2.08. The molecule has 0 bridgehead atoms. The first kappa shape index (κ1) is 14.0. The zero-order valence-electron chi connectivity index (χ0n) is 10.7. The number of nitrogens with zero attached hydrogens (tertiary/aromatic N) is 2. The van der Waals surface area contributed by atoms with Gasteiger partial charge in [0.1, 0.15) is 0 Å². The van der Waals surface area contributed by atoms with E-state index in [-0.39, 0.29) is 11.9 Å². The molecular formula is C12H20ClN3O. The van der Waals surface area contributed by atoms with Crippen LogP contribution >= 0.6 is 11.6 Å². The molecule has 0 fully saturated rings. The minimum absolute atomic E-state index is 0.0444. The van der Waals surface area contributed by atoms with Crippen LogP contribution in [0.5, 0.6) is 0 Å². The zero-order valence-corrected chi connectivity index (χ0v) is 11.4. The monoisotopic (exact) mass is 257 g/mol. The molecule has 1 N–H and O–H groups in total. The van der Waals surface area contributed by atoms with Gasteiger partial charge in [-0.15, -0.1) is 11.6 Å². The van der Waals surface area contributed by atoms with Crippen LogP contribution in [0, 0.1) is 0 Å². The van der Waals surface area contributed by atoms with Crippen molar-refractivity contribution in [3.63, 3.8) is 0 Å². The molecule has 0 aliphatic rings. The Hall–Kier alpha value is -1.03. The van der Waals surface area contributed by atoms with Gasteiger partial charge in [0.15, 0.2) is 0 Å². The summed E-state index contributed by atoms with van der Waals surface area (Å²) >= 11 is 5.62. The number of aryl methyl sites for hydroxylation is 2. The van der Waals surface area contributed by atoms with Gasteiger partial charge in [0.25, 0.3) is 5.91 Å². The Labute approximate surface area is 107 Å². The largest absolute Gasteiger partial charge is 0.349 e. The smallest absolute Gasteiger partial charge is 0.254 e. The predicted octanol–water partition coefficient (Wildman–Crippen LogP) is 2.12. The third kappa shape index (κ3) is 4.04. The van der Waals surface area contributed by atoms with Crippen molar-refractivity contribution in [1.29, 1.82) is 0 Å². The van der Waals surface area contributed by atoms with Crippen LogP contribution in [0.3, 0.4) is 0 Å². The molecule has 1 amide bonds. The molecular weight excluding hydrogens is 238 g/mol. The van der Waals surface area contributed by atoms with E-state index in [1.807, 2.05) is 20.9 Å². The number of hydrogen-bond acceptors (Lipinski definition) is 2. The number of rotatable bonds is 6. The molecule has 1 rings (SSSR count). The SMILES string of the molecule is CCc1nn(C)cc1C(=O)NC(C)CCCCl. The topological polar surface area (TPSA) is 46.9 Å². The normalized spacial score (nSPS) is 12.5. The van der Waals surface area contributed by atoms with Crippen molar-refractivity contribution in [2.24, 2.45) is 7.05 Å². The molecule has 0 saturated carbocycles. The van der Waals surface area contributed by atoms with Crippen LogP contribution in [0.2, 0.25) is 0 Å². The summed E-state index contributed by atoms with van der Waals surface area (Å²) < 4.78 is 1.68. The summed E-state index contributed by atoms with van der Waals surface area (Å²) in [7, 11) is 1.83. The molecule has 1 unspecified atom stereocenters. The number of carbonyl (C=O) groups is 1. The van der Waals surface area contributed by atoms with Gasteiger partial charge in [-0.1, -0.05) is 6.92 Å². The van der Waals surface area contributed by atoms with Crippen molar-refractivity contribution in [1.82, 2.24) is 15.1 Å². The van der Waals surface area contributed by atoms with E-state index >= 15 is 0 Å².